The summed E-state index contributed by atoms with van der Waals surface area (Å²) in [6.07, 6.45) is 1.19. The Labute approximate surface area is 130 Å². The monoisotopic (exact) mass is 355 g/mol. The minimum atomic E-state index is -0.286. The molecule has 106 valence electrons. The number of carbonyl (C=O) groups excluding carboxylic acids is 1. The van der Waals surface area contributed by atoms with Crippen molar-refractivity contribution in [1.29, 1.82) is 0 Å². The Kier molecular flexibility index (Phi) is 5.31. The lowest BCUT2D eigenvalue weighted by molar-refractivity contribution is -0.130. The largest absolute Gasteiger partial charge is 0.341 e. The van der Waals surface area contributed by atoms with E-state index in [4.69, 9.17) is 0 Å². The molecule has 0 spiro atoms. The average Bonchev–Trinajstić information content (AvgIpc) is 2.93. The molecule has 1 heterocycles. The van der Waals surface area contributed by atoms with Crippen molar-refractivity contribution in [3.63, 3.8) is 0 Å². The van der Waals surface area contributed by atoms with Crippen LogP contribution in [-0.4, -0.2) is 17.9 Å². The molecule has 1 amide bonds. The van der Waals surface area contributed by atoms with E-state index >= 15 is 0 Å². The van der Waals surface area contributed by atoms with Crippen molar-refractivity contribution in [3.8, 4) is 0 Å². The lowest BCUT2D eigenvalue weighted by Gasteiger charge is -2.17. The first-order chi connectivity index (χ1) is 9.56. The van der Waals surface area contributed by atoms with Crippen molar-refractivity contribution in [1.82, 2.24) is 4.90 Å². The SMILES string of the molecule is CN(Cc1cc(Br)ccc1F)C(=O)CCc1cccs1. The molecule has 0 radical (unpaired) electrons. The maximum atomic E-state index is 13.6. The highest BCUT2D eigenvalue weighted by atomic mass is 79.9. The van der Waals surface area contributed by atoms with Crippen LogP contribution in [0, 0.1) is 5.82 Å². The zero-order chi connectivity index (χ0) is 14.5. The standard InChI is InChI=1S/C15H15BrFNOS/c1-18(10-11-9-12(16)4-6-14(11)17)15(19)7-5-13-3-2-8-20-13/h2-4,6,8-9H,5,7,10H2,1H3. The van der Waals surface area contributed by atoms with E-state index in [0.29, 0.717) is 12.0 Å². The van der Waals surface area contributed by atoms with E-state index in [0.717, 1.165) is 10.9 Å². The van der Waals surface area contributed by atoms with Gasteiger partial charge in [-0.05, 0) is 36.1 Å². The summed E-state index contributed by atoms with van der Waals surface area (Å²) in [7, 11) is 1.71. The summed E-state index contributed by atoms with van der Waals surface area (Å²) in [6, 6.07) is 8.76. The Morgan fingerprint density at radius 1 is 1.40 bits per heavy atom. The molecular weight excluding hydrogens is 341 g/mol. The predicted octanol–water partition coefficient (Wildman–Crippen LogP) is 4.24. The van der Waals surface area contributed by atoms with Gasteiger partial charge in [0.05, 0.1) is 0 Å². The topological polar surface area (TPSA) is 20.3 Å². The molecule has 0 saturated heterocycles. The third-order valence-corrected chi connectivity index (χ3v) is 4.44. The van der Waals surface area contributed by atoms with Gasteiger partial charge in [-0.2, -0.15) is 0 Å². The number of amides is 1. The number of rotatable bonds is 5. The first kappa shape index (κ1) is 15.2. The van der Waals surface area contributed by atoms with E-state index in [1.165, 1.54) is 10.9 Å². The van der Waals surface area contributed by atoms with Crippen LogP contribution in [-0.2, 0) is 17.8 Å². The van der Waals surface area contributed by atoms with E-state index in [2.05, 4.69) is 15.9 Å². The van der Waals surface area contributed by atoms with Gasteiger partial charge in [-0.3, -0.25) is 4.79 Å². The molecule has 2 nitrogen and oxygen atoms in total. The number of halogens is 2. The van der Waals surface area contributed by atoms with E-state index in [1.807, 2.05) is 17.5 Å². The molecule has 0 bridgehead atoms. The first-order valence-electron chi connectivity index (χ1n) is 6.26. The lowest BCUT2D eigenvalue weighted by atomic mass is 10.2. The second kappa shape index (κ2) is 6.99. The summed E-state index contributed by atoms with van der Waals surface area (Å²) in [5.41, 5.74) is 0.520. The van der Waals surface area contributed by atoms with Gasteiger partial charge >= 0.3 is 0 Å². The smallest absolute Gasteiger partial charge is 0.222 e. The molecule has 0 aliphatic heterocycles. The maximum Gasteiger partial charge on any atom is 0.222 e. The summed E-state index contributed by atoms with van der Waals surface area (Å²) in [5, 5.41) is 2.00. The highest BCUT2D eigenvalue weighted by Crippen LogP contribution is 2.17. The van der Waals surface area contributed by atoms with Crippen LogP contribution >= 0.6 is 27.3 Å². The highest BCUT2D eigenvalue weighted by Gasteiger charge is 2.12. The van der Waals surface area contributed by atoms with Crippen molar-refractivity contribution < 1.29 is 9.18 Å². The van der Waals surface area contributed by atoms with Gasteiger partial charge in [-0.15, -0.1) is 11.3 Å². The van der Waals surface area contributed by atoms with Crippen molar-refractivity contribution in [2.75, 3.05) is 7.05 Å². The third-order valence-electron chi connectivity index (χ3n) is 3.01. The van der Waals surface area contributed by atoms with Crippen LogP contribution < -0.4 is 0 Å². The highest BCUT2D eigenvalue weighted by molar-refractivity contribution is 9.10. The second-order valence-corrected chi connectivity index (χ2v) is 6.51. The van der Waals surface area contributed by atoms with Gasteiger partial charge in [0.1, 0.15) is 5.82 Å². The number of hydrogen-bond donors (Lipinski definition) is 0. The molecule has 1 aromatic heterocycles. The molecule has 2 aromatic rings. The van der Waals surface area contributed by atoms with Gasteiger partial charge in [0.15, 0.2) is 0 Å². The predicted molar refractivity (Wildman–Crippen MR) is 83.2 cm³/mol. The van der Waals surface area contributed by atoms with Gasteiger partial charge in [0.2, 0.25) is 5.91 Å². The number of carbonyl (C=O) groups is 1. The summed E-state index contributed by atoms with van der Waals surface area (Å²) < 4.78 is 14.5. The molecule has 0 aliphatic rings. The molecule has 1 aromatic carbocycles. The normalized spacial score (nSPS) is 10.6. The van der Waals surface area contributed by atoms with Crippen molar-refractivity contribution >= 4 is 33.2 Å². The van der Waals surface area contributed by atoms with Crippen LogP contribution in [0.1, 0.15) is 16.9 Å². The van der Waals surface area contributed by atoms with Crippen molar-refractivity contribution in [2.24, 2.45) is 0 Å². The zero-order valence-corrected chi connectivity index (χ0v) is 13.5. The number of hydrogen-bond acceptors (Lipinski definition) is 2. The van der Waals surface area contributed by atoms with Crippen LogP contribution in [0.4, 0.5) is 4.39 Å². The molecule has 0 N–H and O–H groups in total. The lowest BCUT2D eigenvalue weighted by Crippen LogP contribution is -2.26. The van der Waals surface area contributed by atoms with Crippen LogP contribution in [0.25, 0.3) is 0 Å². The summed E-state index contributed by atoms with van der Waals surface area (Å²) in [5.74, 6) is -0.260. The van der Waals surface area contributed by atoms with Crippen LogP contribution in [0.3, 0.4) is 0 Å². The minimum Gasteiger partial charge on any atom is -0.341 e. The second-order valence-electron chi connectivity index (χ2n) is 4.56. The zero-order valence-electron chi connectivity index (χ0n) is 11.1. The Morgan fingerprint density at radius 2 is 2.20 bits per heavy atom. The average molecular weight is 356 g/mol. The van der Waals surface area contributed by atoms with Gasteiger partial charge in [-0.1, -0.05) is 22.0 Å². The molecule has 0 atom stereocenters. The van der Waals surface area contributed by atoms with Gasteiger partial charge < -0.3 is 4.90 Å². The Hall–Kier alpha value is -1.20. The summed E-state index contributed by atoms with van der Waals surface area (Å²) in [4.78, 5) is 14.8. The Bertz CT molecular complexity index is 586. The summed E-state index contributed by atoms with van der Waals surface area (Å²) >= 11 is 4.96. The number of thiophene rings is 1. The molecule has 5 heteroatoms. The van der Waals surface area contributed by atoms with Crippen LogP contribution in [0.2, 0.25) is 0 Å². The number of aryl methyl sites for hydroxylation is 1. The van der Waals surface area contributed by atoms with Crippen molar-refractivity contribution in [3.05, 3.63) is 56.4 Å². The third kappa shape index (κ3) is 4.15. The number of nitrogens with zero attached hydrogens (tertiary/aromatic N) is 1. The maximum absolute atomic E-state index is 13.6. The van der Waals surface area contributed by atoms with Gasteiger partial charge in [0, 0.05) is 34.9 Å². The van der Waals surface area contributed by atoms with E-state index < -0.39 is 0 Å². The fraction of sp³-hybridized carbons (Fsp3) is 0.267. The molecular formula is C15H15BrFNOS. The summed E-state index contributed by atoms with van der Waals surface area (Å²) in [6.45, 7) is 0.286. The molecule has 20 heavy (non-hydrogen) atoms. The van der Waals surface area contributed by atoms with E-state index in [-0.39, 0.29) is 18.3 Å². The van der Waals surface area contributed by atoms with Gasteiger partial charge in [-0.25, -0.2) is 4.39 Å². The van der Waals surface area contributed by atoms with Crippen LogP contribution in [0.5, 0.6) is 0 Å². The molecule has 0 saturated carbocycles. The Morgan fingerprint density at radius 3 is 2.90 bits per heavy atom. The van der Waals surface area contributed by atoms with E-state index in [1.54, 1.807) is 35.4 Å². The van der Waals surface area contributed by atoms with E-state index in [9.17, 15) is 9.18 Å². The van der Waals surface area contributed by atoms with Gasteiger partial charge in [0.25, 0.3) is 0 Å². The quantitative estimate of drug-likeness (QED) is 0.785. The Balaban J connectivity index is 1.92. The molecule has 0 aliphatic carbocycles. The molecule has 0 unspecified atom stereocenters. The number of benzene rings is 1. The minimum absolute atomic E-state index is 0.0257. The molecule has 0 fully saturated rings. The fourth-order valence-corrected chi connectivity index (χ4v) is 3.00. The first-order valence-corrected chi connectivity index (χ1v) is 7.94. The molecule has 2 rings (SSSR count). The fourth-order valence-electron chi connectivity index (χ4n) is 1.88. The van der Waals surface area contributed by atoms with Crippen LogP contribution in [0.15, 0.2) is 40.2 Å². The van der Waals surface area contributed by atoms with Crippen molar-refractivity contribution in [2.45, 2.75) is 19.4 Å².